The van der Waals surface area contributed by atoms with Gasteiger partial charge in [-0.2, -0.15) is 0 Å². The molecule has 1 aliphatic heterocycles. The van der Waals surface area contributed by atoms with E-state index in [9.17, 15) is 9.50 Å². The van der Waals surface area contributed by atoms with Crippen LogP contribution < -0.4 is 0 Å². The van der Waals surface area contributed by atoms with Crippen LogP contribution in [0.5, 0.6) is 0 Å². The Hall–Kier alpha value is -0.640. The van der Waals surface area contributed by atoms with E-state index in [4.69, 9.17) is 16.3 Å². The van der Waals surface area contributed by atoms with Gasteiger partial charge in [0.05, 0.1) is 17.2 Å². The Morgan fingerprint density at radius 3 is 2.94 bits per heavy atom. The average Bonchev–Trinajstić information content (AvgIpc) is 2.35. The predicted octanol–water partition coefficient (Wildman–Crippen LogP) is 2.95. The smallest absolute Gasteiger partial charge is 0.142 e. The van der Waals surface area contributed by atoms with Crippen molar-refractivity contribution in [2.24, 2.45) is 0 Å². The summed E-state index contributed by atoms with van der Waals surface area (Å²) in [5.74, 6) is -0.444. The zero-order valence-electron chi connectivity index (χ0n) is 9.53. The maximum absolute atomic E-state index is 13.2. The molecule has 0 bridgehead atoms. The Labute approximate surface area is 105 Å². The van der Waals surface area contributed by atoms with Gasteiger partial charge in [0.2, 0.25) is 0 Å². The molecule has 0 radical (unpaired) electrons. The third-order valence-electron chi connectivity index (χ3n) is 3.07. The van der Waals surface area contributed by atoms with Crippen molar-refractivity contribution in [1.82, 2.24) is 0 Å². The van der Waals surface area contributed by atoms with E-state index < -0.39 is 11.9 Å². The van der Waals surface area contributed by atoms with Crippen LogP contribution in [-0.4, -0.2) is 23.9 Å². The molecule has 0 aliphatic carbocycles. The molecule has 1 saturated heterocycles. The highest BCUT2D eigenvalue weighted by Gasteiger charge is 2.22. The van der Waals surface area contributed by atoms with Gasteiger partial charge in [-0.15, -0.1) is 0 Å². The number of aliphatic hydroxyl groups is 1. The first kappa shape index (κ1) is 12.8. The van der Waals surface area contributed by atoms with Gasteiger partial charge in [-0.25, -0.2) is 4.39 Å². The summed E-state index contributed by atoms with van der Waals surface area (Å²) in [6.45, 7) is 0.705. The molecular weight excluding hydrogens is 243 g/mol. The van der Waals surface area contributed by atoms with Crippen LogP contribution in [0.25, 0.3) is 0 Å². The lowest BCUT2D eigenvalue weighted by atomic mass is 9.98. The Bertz CT molecular complexity index is 378. The summed E-state index contributed by atoms with van der Waals surface area (Å²) < 4.78 is 18.7. The molecule has 1 aliphatic rings. The van der Waals surface area contributed by atoms with E-state index in [1.54, 1.807) is 6.07 Å². The largest absolute Gasteiger partial charge is 0.390 e. The Kier molecular flexibility index (Phi) is 4.37. The van der Waals surface area contributed by atoms with Crippen molar-refractivity contribution in [3.05, 3.63) is 34.6 Å². The molecule has 17 heavy (non-hydrogen) atoms. The summed E-state index contributed by atoms with van der Waals surface area (Å²) in [6, 6.07) is 4.62. The number of halogens is 2. The fourth-order valence-corrected chi connectivity index (χ4v) is 2.23. The Balaban J connectivity index is 1.96. The van der Waals surface area contributed by atoms with Gasteiger partial charge in [-0.1, -0.05) is 17.7 Å². The molecule has 1 N–H and O–H groups in total. The van der Waals surface area contributed by atoms with Gasteiger partial charge in [0.25, 0.3) is 0 Å². The zero-order valence-corrected chi connectivity index (χ0v) is 10.3. The van der Waals surface area contributed by atoms with Crippen LogP contribution >= 0.6 is 11.6 Å². The van der Waals surface area contributed by atoms with Crippen LogP contribution in [0.3, 0.4) is 0 Å². The van der Waals surface area contributed by atoms with Crippen LogP contribution in [0.1, 0.15) is 24.8 Å². The first-order chi connectivity index (χ1) is 8.16. The summed E-state index contributed by atoms with van der Waals surface area (Å²) in [5.41, 5.74) is 0.744. The fourth-order valence-electron chi connectivity index (χ4n) is 2.11. The van der Waals surface area contributed by atoms with E-state index in [1.165, 1.54) is 12.1 Å². The van der Waals surface area contributed by atoms with Crippen LogP contribution in [0.4, 0.5) is 4.39 Å². The van der Waals surface area contributed by atoms with E-state index >= 15 is 0 Å². The molecule has 0 spiro atoms. The van der Waals surface area contributed by atoms with Gasteiger partial charge in [0, 0.05) is 13.0 Å². The van der Waals surface area contributed by atoms with E-state index in [-0.39, 0.29) is 11.1 Å². The van der Waals surface area contributed by atoms with Crippen LogP contribution in [0.2, 0.25) is 5.02 Å². The molecule has 2 rings (SSSR count). The minimum atomic E-state index is -0.573. The summed E-state index contributed by atoms with van der Waals surface area (Å²) >= 11 is 5.60. The molecule has 2 unspecified atom stereocenters. The lowest BCUT2D eigenvalue weighted by Gasteiger charge is -2.27. The van der Waals surface area contributed by atoms with Crippen LogP contribution in [0, 0.1) is 5.82 Å². The number of benzene rings is 1. The number of rotatable bonds is 3. The van der Waals surface area contributed by atoms with Crippen LogP contribution in [0.15, 0.2) is 18.2 Å². The third-order valence-corrected chi connectivity index (χ3v) is 3.38. The summed E-state index contributed by atoms with van der Waals surface area (Å²) in [4.78, 5) is 0. The SMILES string of the molecule is OC(Cc1ccc(Cl)c(F)c1)C1CCCCO1. The maximum Gasteiger partial charge on any atom is 0.142 e. The molecule has 4 heteroatoms. The fraction of sp³-hybridized carbons (Fsp3) is 0.538. The third kappa shape index (κ3) is 3.41. The zero-order chi connectivity index (χ0) is 12.3. The van der Waals surface area contributed by atoms with E-state index in [1.807, 2.05) is 0 Å². The lowest BCUT2D eigenvalue weighted by Crippen LogP contribution is -2.33. The molecule has 0 aromatic heterocycles. The second-order valence-electron chi connectivity index (χ2n) is 4.42. The molecule has 2 nitrogen and oxygen atoms in total. The number of hydrogen-bond acceptors (Lipinski definition) is 2. The highest BCUT2D eigenvalue weighted by atomic mass is 35.5. The van der Waals surface area contributed by atoms with Gasteiger partial charge in [0.1, 0.15) is 5.82 Å². The monoisotopic (exact) mass is 258 g/mol. The van der Waals surface area contributed by atoms with Gasteiger partial charge >= 0.3 is 0 Å². The molecule has 1 heterocycles. The van der Waals surface area contributed by atoms with Crippen molar-refractivity contribution in [3.63, 3.8) is 0 Å². The van der Waals surface area contributed by atoms with E-state index in [0.29, 0.717) is 13.0 Å². The molecular formula is C13H16ClFO2. The highest BCUT2D eigenvalue weighted by molar-refractivity contribution is 6.30. The minimum absolute atomic E-state index is 0.108. The normalized spacial score (nSPS) is 22.4. The second kappa shape index (κ2) is 5.80. The molecule has 2 atom stereocenters. The summed E-state index contributed by atoms with van der Waals surface area (Å²) in [7, 11) is 0. The summed E-state index contributed by atoms with van der Waals surface area (Å²) in [6.07, 6.45) is 2.71. The minimum Gasteiger partial charge on any atom is -0.390 e. The molecule has 1 fully saturated rings. The summed E-state index contributed by atoms with van der Waals surface area (Å²) in [5, 5.41) is 10.1. The van der Waals surface area contributed by atoms with Crippen LogP contribution in [-0.2, 0) is 11.2 Å². The van der Waals surface area contributed by atoms with Gasteiger partial charge in [0.15, 0.2) is 0 Å². The number of ether oxygens (including phenoxy) is 1. The van der Waals surface area contributed by atoms with E-state index in [0.717, 1.165) is 24.8 Å². The second-order valence-corrected chi connectivity index (χ2v) is 4.83. The molecule has 94 valence electrons. The first-order valence-corrected chi connectivity index (χ1v) is 6.28. The molecule has 0 amide bonds. The van der Waals surface area contributed by atoms with Crippen molar-refractivity contribution < 1.29 is 14.2 Å². The molecule has 1 aromatic carbocycles. The lowest BCUT2D eigenvalue weighted by molar-refractivity contribution is -0.0611. The first-order valence-electron chi connectivity index (χ1n) is 5.90. The molecule has 0 saturated carbocycles. The highest BCUT2D eigenvalue weighted by Crippen LogP contribution is 2.21. The molecule has 1 aromatic rings. The standard InChI is InChI=1S/C13H16ClFO2/c14-10-5-4-9(7-11(10)15)8-12(16)13-3-1-2-6-17-13/h4-5,7,12-13,16H,1-3,6,8H2. The predicted molar refractivity (Wildman–Crippen MR) is 64.7 cm³/mol. The number of hydrogen-bond donors (Lipinski definition) is 1. The maximum atomic E-state index is 13.2. The van der Waals surface area contributed by atoms with Crippen molar-refractivity contribution >= 4 is 11.6 Å². The van der Waals surface area contributed by atoms with Crippen molar-refractivity contribution in [2.75, 3.05) is 6.61 Å². The van der Waals surface area contributed by atoms with Gasteiger partial charge < -0.3 is 9.84 Å². The van der Waals surface area contributed by atoms with Gasteiger partial charge in [-0.3, -0.25) is 0 Å². The van der Waals surface area contributed by atoms with Crippen molar-refractivity contribution in [2.45, 2.75) is 37.9 Å². The Morgan fingerprint density at radius 1 is 1.47 bits per heavy atom. The Morgan fingerprint density at radius 2 is 2.29 bits per heavy atom. The quantitative estimate of drug-likeness (QED) is 0.903. The van der Waals surface area contributed by atoms with E-state index in [2.05, 4.69) is 0 Å². The van der Waals surface area contributed by atoms with Gasteiger partial charge in [-0.05, 0) is 37.0 Å². The topological polar surface area (TPSA) is 29.5 Å². The number of aliphatic hydroxyl groups excluding tert-OH is 1. The average molecular weight is 259 g/mol. The van der Waals surface area contributed by atoms with Crippen molar-refractivity contribution in [1.29, 1.82) is 0 Å². The van der Waals surface area contributed by atoms with Crippen molar-refractivity contribution in [3.8, 4) is 0 Å².